The van der Waals surface area contributed by atoms with Crippen LogP contribution < -0.4 is 9.64 Å². The van der Waals surface area contributed by atoms with Gasteiger partial charge in [0.05, 0.1) is 7.11 Å². The molecule has 0 atom stereocenters. The number of para-hydroxylation sites is 1. The smallest absolute Gasteiger partial charge is 0.419 e. The van der Waals surface area contributed by atoms with E-state index in [0.717, 1.165) is 0 Å². The molecule has 0 fully saturated rings. The summed E-state index contributed by atoms with van der Waals surface area (Å²) in [5.74, 6) is -0.833. The highest BCUT2D eigenvalue weighted by molar-refractivity contribution is 5.93. The Morgan fingerprint density at radius 1 is 1.09 bits per heavy atom. The van der Waals surface area contributed by atoms with E-state index < -0.39 is 12.1 Å². The third-order valence-corrected chi connectivity index (χ3v) is 3.00. The zero-order valence-corrected chi connectivity index (χ0v) is 12.1. The summed E-state index contributed by atoms with van der Waals surface area (Å²) in [7, 11) is 2.77. The molecule has 0 radical (unpaired) electrons. The predicted octanol–water partition coefficient (Wildman–Crippen LogP) is 2.81. The number of methoxy groups -OCH3 is 1. The number of ether oxygens (including phenoxy) is 2. The van der Waals surface area contributed by atoms with E-state index in [1.165, 1.54) is 30.2 Å². The molecule has 0 aliphatic rings. The summed E-state index contributed by atoms with van der Waals surface area (Å²) in [6.07, 6.45) is -0.618. The molecule has 2 rings (SSSR count). The standard InChI is InChI=1S/C16H15NO5/c1-17(11-6-4-3-5-7-11)16(20)22-12-8-9-14(18)13(10-12)15(19)21-2/h3-10,18H,1-2H3. The third-order valence-electron chi connectivity index (χ3n) is 3.00. The van der Waals surface area contributed by atoms with Crippen molar-refractivity contribution in [2.24, 2.45) is 0 Å². The molecule has 1 amide bonds. The number of hydrogen-bond donors (Lipinski definition) is 1. The van der Waals surface area contributed by atoms with Crippen molar-refractivity contribution in [3.8, 4) is 11.5 Å². The quantitative estimate of drug-likeness (QED) is 0.882. The lowest BCUT2D eigenvalue weighted by molar-refractivity contribution is 0.0597. The van der Waals surface area contributed by atoms with Crippen molar-refractivity contribution in [2.75, 3.05) is 19.1 Å². The molecule has 2 aromatic carbocycles. The van der Waals surface area contributed by atoms with Crippen LogP contribution in [0.2, 0.25) is 0 Å². The number of esters is 1. The fourth-order valence-corrected chi connectivity index (χ4v) is 1.78. The topological polar surface area (TPSA) is 76.1 Å². The Bertz CT molecular complexity index is 684. The molecule has 2 aromatic rings. The first kappa shape index (κ1) is 15.4. The summed E-state index contributed by atoms with van der Waals surface area (Å²) in [6.45, 7) is 0. The monoisotopic (exact) mass is 301 g/mol. The first-order chi connectivity index (χ1) is 10.5. The minimum atomic E-state index is -0.716. The van der Waals surface area contributed by atoms with E-state index in [1.807, 2.05) is 6.07 Å². The zero-order chi connectivity index (χ0) is 16.1. The number of nitrogens with zero attached hydrogens (tertiary/aromatic N) is 1. The first-order valence-electron chi connectivity index (χ1n) is 6.45. The van der Waals surface area contributed by atoms with Gasteiger partial charge in [-0.2, -0.15) is 0 Å². The molecular formula is C16H15NO5. The number of rotatable bonds is 3. The lowest BCUT2D eigenvalue weighted by Crippen LogP contribution is -2.29. The average molecular weight is 301 g/mol. The Morgan fingerprint density at radius 3 is 2.41 bits per heavy atom. The second kappa shape index (κ2) is 6.62. The van der Waals surface area contributed by atoms with Gasteiger partial charge in [-0.1, -0.05) is 18.2 Å². The van der Waals surface area contributed by atoms with Crippen molar-refractivity contribution >= 4 is 17.7 Å². The molecule has 22 heavy (non-hydrogen) atoms. The number of carbonyl (C=O) groups excluding carboxylic acids is 2. The molecule has 6 heteroatoms. The van der Waals surface area contributed by atoms with Crippen LogP contribution in [0.1, 0.15) is 10.4 Å². The molecule has 0 spiro atoms. The van der Waals surface area contributed by atoms with E-state index in [1.54, 1.807) is 31.3 Å². The van der Waals surface area contributed by atoms with Crippen LogP contribution in [0.4, 0.5) is 10.5 Å². The van der Waals surface area contributed by atoms with Crippen molar-refractivity contribution in [2.45, 2.75) is 0 Å². The molecule has 0 saturated heterocycles. The third kappa shape index (κ3) is 3.35. The number of aromatic hydroxyl groups is 1. The van der Waals surface area contributed by atoms with E-state index in [2.05, 4.69) is 4.74 Å². The summed E-state index contributed by atoms with van der Waals surface area (Å²) in [6, 6.07) is 12.9. The normalized spacial score (nSPS) is 9.91. The van der Waals surface area contributed by atoms with Gasteiger partial charge in [-0.15, -0.1) is 0 Å². The molecule has 0 saturated carbocycles. The first-order valence-corrected chi connectivity index (χ1v) is 6.45. The Hall–Kier alpha value is -3.02. The van der Waals surface area contributed by atoms with Gasteiger partial charge in [0, 0.05) is 12.7 Å². The number of carbonyl (C=O) groups is 2. The molecule has 114 valence electrons. The van der Waals surface area contributed by atoms with E-state index in [9.17, 15) is 14.7 Å². The van der Waals surface area contributed by atoms with Gasteiger partial charge in [0.25, 0.3) is 0 Å². The molecule has 0 unspecified atom stereocenters. The van der Waals surface area contributed by atoms with Crippen LogP contribution in [-0.2, 0) is 4.74 Å². The maximum Gasteiger partial charge on any atom is 0.419 e. The minimum Gasteiger partial charge on any atom is -0.507 e. The molecule has 0 aliphatic carbocycles. The van der Waals surface area contributed by atoms with Gasteiger partial charge >= 0.3 is 12.1 Å². The second-order valence-electron chi connectivity index (χ2n) is 4.43. The molecular weight excluding hydrogens is 286 g/mol. The number of amides is 1. The van der Waals surface area contributed by atoms with Crippen molar-refractivity contribution in [1.29, 1.82) is 0 Å². The van der Waals surface area contributed by atoms with Crippen LogP contribution in [0.3, 0.4) is 0 Å². The fourth-order valence-electron chi connectivity index (χ4n) is 1.78. The molecule has 0 bridgehead atoms. The van der Waals surface area contributed by atoms with Crippen LogP contribution in [0.25, 0.3) is 0 Å². The Morgan fingerprint density at radius 2 is 1.77 bits per heavy atom. The minimum absolute atomic E-state index is 0.0739. The van der Waals surface area contributed by atoms with Gasteiger partial charge < -0.3 is 14.6 Å². The maximum atomic E-state index is 12.1. The van der Waals surface area contributed by atoms with E-state index >= 15 is 0 Å². The summed E-state index contributed by atoms with van der Waals surface area (Å²) in [4.78, 5) is 24.9. The van der Waals surface area contributed by atoms with Crippen molar-refractivity contribution < 1.29 is 24.2 Å². The van der Waals surface area contributed by atoms with Gasteiger partial charge in [-0.3, -0.25) is 4.90 Å². The highest BCUT2D eigenvalue weighted by Crippen LogP contribution is 2.24. The van der Waals surface area contributed by atoms with Crippen LogP contribution in [0.15, 0.2) is 48.5 Å². The molecule has 1 N–H and O–H groups in total. The zero-order valence-electron chi connectivity index (χ0n) is 12.1. The molecule has 0 heterocycles. The highest BCUT2D eigenvalue weighted by Gasteiger charge is 2.17. The summed E-state index contributed by atoms with van der Waals surface area (Å²) in [5.41, 5.74) is 0.592. The maximum absolute atomic E-state index is 12.1. The number of hydrogen-bond acceptors (Lipinski definition) is 5. The van der Waals surface area contributed by atoms with Crippen LogP contribution in [-0.4, -0.2) is 31.3 Å². The van der Waals surface area contributed by atoms with E-state index in [0.29, 0.717) is 5.69 Å². The lowest BCUT2D eigenvalue weighted by atomic mass is 10.2. The average Bonchev–Trinajstić information content (AvgIpc) is 2.55. The van der Waals surface area contributed by atoms with Gasteiger partial charge in [-0.25, -0.2) is 9.59 Å². The number of phenolic OH excluding ortho intramolecular Hbond substituents is 1. The summed E-state index contributed by atoms with van der Waals surface area (Å²) in [5, 5.41) is 9.61. The van der Waals surface area contributed by atoms with Gasteiger partial charge in [0.2, 0.25) is 0 Å². The lowest BCUT2D eigenvalue weighted by Gasteiger charge is -2.17. The summed E-state index contributed by atoms with van der Waals surface area (Å²) >= 11 is 0. The van der Waals surface area contributed by atoms with Gasteiger partial charge in [-0.05, 0) is 30.3 Å². The largest absolute Gasteiger partial charge is 0.507 e. The second-order valence-corrected chi connectivity index (χ2v) is 4.43. The van der Waals surface area contributed by atoms with Gasteiger partial charge in [0.15, 0.2) is 0 Å². The SMILES string of the molecule is COC(=O)c1cc(OC(=O)N(C)c2ccccc2)ccc1O. The summed E-state index contributed by atoms with van der Waals surface area (Å²) < 4.78 is 9.73. The van der Waals surface area contributed by atoms with E-state index in [4.69, 9.17) is 4.74 Å². The Balaban J connectivity index is 2.17. The Labute approximate surface area is 127 Å². The van der Waals surface area contributed by atoms with Crippen molar-refractivity contribution in [3.63, 3.8) is 0 Å². The molecule has 6 nitrogen and oxygen atoms in total. The van der Waals surface area contributed by atoms with Crippen LogP contribution >= 0.6 is 0 Å². The van der Waals surface area contributed by atoms with Gasteiger partial charge in [0.1, 0.15) is 17.1 Å². The predicted molar refractivity (Wildman–Crippen MR) is 80.3 cm³/mol. The highest BCUT2D eigenvalue weighted by atomic mass is 16.6. The van der Waals surface area contributed by atoms with Crippen LogP contribution in [0, 0.1) is 0 Å². The molecule has 0 aliphatic heterocycles. The van der Waals surface area contributed by atoms with Crippen molar-refractivity contribution in [3.05, 3.63) is 54.1 Å². The number of benzene rings is 2. The Kier molecular flexibility index (Phi) is 4.63. The van der Waals surface area contributed by atoms with Crippen LogP contribution in [0.5, 0.6) is 11.5 Å². The van der Waals surface area contributed by atoms with E-state index in [-0.39, 0.29) is 17.1 Å². The molecule has 0 aromatic heterocycles. The number of anilines is 1. The van der Waals surface area contributed by atoms with Crippen molar-refractivity contribution in [1.82, 2.24) is 0 Å². The number of phenols is 1. The fraction of sp³-hybridized carbons (Fsp3) is 0.125.